The van der Waals surface area contributed by atoms with E-state index in [0.717, 1.165) is 27.9 Å². The molecule has 3 aromatic rings. The molecule has 0 atom stereocenters. The van der Waals surface area contributed by atoms with Crippen molar-refractivity contribution in [2.75, 3.05) is 4.90 Å². The van der Waals surface area contributed by atoms with Crippen LogP contribution in [0.4, 0.5) is 5.69 Å². The minimum absolute atomic E-state index is 0.0880. The largest absolute Gasteiger partial charge is 0.304 e. The van der Waals surface area contributed by atoms with Crippen LogP contribution in [-0.4, -0.2) is 5.91 Å². The molecule has 0 aliphatic carbocycles. The van der Waals surface area contributed by atoms with E-state index in [9.17, 15) is 4.79 Å². The van der Waals surface area contributed by atoms with Crippen LogP contribution in [0.25, 0.3) is 11.1 Å². The molecule has 0 saturated carbocycles. The van der Waals surface area contributed by atoms with Gasteiger partial charge in [-0.2, -0.15) is 0 Å². The second-order valence-corrected chi connectivity index (χ2v) is 6.88. The van der Waals surface area contributed by atoms with Crippen molar-refractivity contribution in [3.8, 4) is 11.1 Å². The van der Waals surface area contributed by atoms with E-state index in [1.54, 1.807) is 0 Å². The molecule has 1 heterocycles. The molecule has 4 rings (SSSR count). The Morgan fingerprint density at radius 2 is 1.56 bits per heavy atom. The molecule has 1 aliphatic heterocycles. The van der Waals surface area contributed by atoms with Gasteiger partial charge in [-0.15, -0.1) is 0 Å². The summed E-state index contributed by atoms with van der Waals surface area (Å²) in [6.07, 6.45) is 0. The maximum absolute atomic E-state index is 12.9. The van der Waals surface area contributed by atoms with Crippen LogP contribution in [-0.2, 0) is 6.54 Å². The minimum Gasteiger partial charge on any atom is -0.304 e. The second-order valence-electron chi connectivity index (χ2n) is 6.88. The number of carbonyl (C=O) groups is 1. The molecule has 0 radical (unpaired) electrons. The van der Waals surface area contributed by atoms with Crippen molar-refractivity contribution < 1.29 is 4.79 Å². The van der Waals surface area contributed by atoms with Gasteiger partial charge in [0, 0.05) is 11.3 Å². The molecule has 25 heavy (non-hydrogen) atoms. The molecule has 1 amide bonds. The van der Waals surface area contributed by atoms with Gasteiger partial charge in [-0.25, -0.2) is 0 Å². The first kappa shape index (κ1) is 15.6. The number of nitrogens with zero attached hydrogens (tertiary/aromatic N) is 1. The van der Waals surface area contributed by atoms with Crippen LogP contribution in [0, 0.1) is 0 Å². The molecule has 2 heteroatoms. The molecule has 0 unspecified atom stereocenters. The number of hydrogen-bond donors (Lipinski definition) is 0. The summed E-state index contributed by atoms with van der Waals surface area (Å²) in [5.41, 5.74) is 6.39. The lowest BCUT2D eigenvalue weighted by molar-refractivity contribution is 0.0996. The summed E-state index contributed by atoms with van der Waals surface area (Å²) in [5, 5.41) is 0. The summed E-state index contributed by atoms with van der Waals surface area (Å²) in [7, 11) is 0. The van der Waals surface area contributed by atoms with E-state index in [4.69, 9.17) is 0 Å². The Balaban J connectivity index is 1.65. The Kier molecular flexibility index (Phi) is 3.89. The quantitative estimate of drug-likeness (QED) is 0.610. The van der Waals surface area contributed by atoms with Gasteiger partial charge < -0.3 is 4.90 Å². The van der Waals surface area contributed by atoms with Gasteiger partial charge in [-0.05, 0) is 46.4 Å². The summed E-state index contributed by atoms with van der Waals surface area (Å²) >= 11 is 0. The van der Waals surface area contributed by atoms with Crippen molar-refractivity contribution in [2.24, 2.45) is 0 Å². The van der Waals surface area contributed by atoms with Gasteiger partial charge in [0.1, 0.15) is 0 Å². The highest BCUT2D eigenvalue weighted by molar-refractivity contribution is 6.10. The van der Waals surface area contributed by atoms with E-state index < -0.39 is 0 Å². The van der Waals surface area contributed by atoms with Gasteiger partial charge in [-0.1, -0.05) is 68.4 Å². The van der Waals surface area contributed by atoms with Gasteiger partial charge in [0.05, 0.1) is 6.54 Å². The standard InChI is InChI=1S/C23H21NO/c1-16(2)17-10-12-21(13-11-17)24-15-20-9-8-19(14-22(20)23(24)25)18-6-4-3-5-7-18/h3-14,16H,15H2,1-2H3. The van der Waals surface area contributed by atoms with Crippen molar-refractivity contribution in [2.45, 2.75) is 26.3 Å². The lowest BCUT2D eigenvalue weighted by atomic mass is 10.0. The highest BCUT2D eigenvalue weighted by atomic mass is 16.2. The van der Waals surface area contributed by atoms with Gasteiger partial charge in [-0.3, -0.25) is 4.79 Å². The second kappa shape index (κ2) is 6.21. The lowest BCUT2D eigenvalue weighted by Gasteiger charge is -2.16. The summed E-state index contributed by atoms with van der Waals surface area (Å²) in [6.45, 7) is 5.00. The van der Waals surface area contributed by atoms with Crippen LogP contribution < -0.4 is 4.90 Å². The third-order valence-electron chi connectivity index (χ3n) is 4.89. The first-order valence-electron chi connectivity index (χ1n) is 8.73. The molecule has 0 aromatic heterocycles. The van der Waals surface area contributed by atoms with Crippen molar-refractivity contribution >= 4 is 11.6 Å². The smallest absolute Gasteiger partial charge is 0.258 e. The summed E-state index contributed by atoms with van der Waals surface area (Å²) in [6, 6.07) is 24.7. The van der Waals surface area contributed by atoms with E-state index in [1.807, 2.05) is 29.2 Å². The average molecular weight is 327 g/mol. The van der Waals surface area contributed by atoms with Crippen molar-refractivity contribution in [1.29, 1.82) is 0 Å². The summed E-state index contributed by atoms with van der Waals surface area (Å²) < 4.78 is 0. The Labute approximate surface area is 148 Å². The highest BCUT2D eigenvalue weighted by Crippen LogP contribution is 2.32. The van der Waals surface area contributed by atoms with Gasteiger partial charge in [0.25, 0.3) is 5.91 Å². The van der Waals surface area contributed by atoms with Crippen LogP contribution >= 0.6 is 0 Å². The van der Waals surface area contributed by atoms with Crippen molar-refractivity contribution in [1.82, 2.24) is 0 Å². The molecule has 3 aromatic carbocycles. The van der Waals surface area contributed by atoms with Crippen LogP contribution in [0.5, 0.6) is 0 Å². The fourth-order valence-electron chi connectivity index (χ4n) is 3.36. The number of rotatable bonds is 3. The zero-order valence-electron chi connectivity index (χ0n) is 14.6. The number of amides is 1. The van der Waals surface area contributed by atoms with E-state index >= 15 is 0 Å². The third kappa shape index (κ3) is 2.85. The molecule has 0 spiro atoms. The number of benzene rings is 3. The number of carbonyl (C=O) groups excluding carboxylic acids is 1. The Hall–Kier alpha value is -2.87. The Bertz CT molecular complexity index is 911. The molecule has 124 valence electrons. The fourth-order valence-corrected chi connectivity index (χ4v) is 3.36. The molecular weight excluding hydrogens is 306 g/mol. The van der Waals surface area contributed by atoms with Gasteiger partial charge >= 0.3 is 0 Å². The Morgan fingerprint density at radius 3 is 2.24 bits per heavy atom. The molecular formula is C23H21NO. The van der Waals surface area contributed by atoms with Crippen LogP contribution in [0.15, 0.2) is 72.8 Å². The molecule has 0 saturated heterocycles. The van der Waals surface area contributed by atoms with E-state index in [2.05, 4.69) is 62.4 Å². The van der Waals surface area contributed by atoms with E-state index in [1.165, 1.54) is 5.56 Å². The SMILES string of the molecule is CC(C)c1ccc(N2Cc3ccc(-c4ccccc4)cc3C2=O)cc1. The third-order valence-corrected chi connectivity index (χ3v) is 4.89. The highest BCUT2D eigenvalue weighted by Gasteiger charge is 2.28. The lowest BCUT2D eigenvalue weighted by Crippen LogP contribution is -2.22. The maximum atomic E-state index is 12.9. The minimum atomic E-state index is 0.0880. The van der Waals surface area contributed by atoms with Crippen molar-refractivity contribution in [3.05, 3.63) is 89.5 Å². The van der Waals surface area contributed by atoms with Crippen LogP contribution in [0.3, 0.4) is 0 Å². The van der Waals surface area contributed by atoms with Gasteiger partial charge in [0.15, 0.2) is 0 Å². The first-order valence-corrected chi connectivity index (χ1v) is 8.73. The maximum Gasteiger partial charge on any atom is 0.258 e. The van der Waals surface area contributed by atoms with E-state index in [0.29, 0.717) is 12.5 Å². The zero-order chi connectivity index (χ0) is 17.4. The molecule has 0 fully saturated rings. The van der Waals surface area contributed by atoms with Crippen molar-refractivity contribution in [3.63, 3.8) is 0 Å². The zero-order valence-corrected chi connectivity index (χ0v) is 14.6. The molecule has 0 N–H and O–H groups in total. The summed E-state index contributed by atoms with van der Waals surface area (Å²) in [4.78, 5) is 14.8. The molecule has 1 aliphatic rings. The summed E-state index contributed by atoms with van der Waals surface area (Å²) in [5.74, 6) is 0.582. The fraction of sp³-hybridized carbons (Fsp3) is 0.174. The number of fused-ring (bicyclic) bond motifs is 1. The average Bonchev–Trinajstić information content (AvgIpc) is 2.99. The molecule has 2 nitrogen and oxygen atoms in total. The van der Waals surface area contributed by atoms with Gasteiger partial charge in [0.2, 0.25) is 0 Å². The normalized spacial score (nSPS) is 13.4. The topological polar surface area (TPSA) is 20.3 Å². The Morgan fingerprint density at radius 1 is 0.840 bits per heavy atom. The predicted octanol–water partition coefficient (Wildman–Crippen LogP) is 5.64. The van der Waals surface area contributed by atoms with E-state index in [-0.39, 0.29) is 5.91 Å². The number of anilines is 1. The van der Waals surface area contributed by atoms with Crippen LogP contribution in [0.2, 0.25) is 0 Å². The van der Waals surface area contributed by atoms with Crippen LogP contribution in [0.1, 0.15) is 41.3 Å². The number of hydrogen-bond acceptors (Lipinski definition) is 1. The monoisotopic (exact) mass is 327 g/mol. The predicted molar refractivity (Wildman–Crippen MR) is 103 cm³/mol. The first-order chi connectivity index (χ1) is 12.1. The molecule has 0 bridgehead atoms.